The lowest BCUT2D eigenvalue weighted by Gasteiger charge is -2.12. The fraction of sp³-hybridized carbons (Fsp3) is 0.429. The fourth-order valence-electron chi connectivity index (χ4n) is 2.38. The van der Waals surface area contributed by atoms with Crippen molar-refractivity contribution in [3.8, 4) is 11.5 Å². The van der Waals surface area contributed by atoms with Crippen LogP contribution in [0.4, 0.5) is 4.39 Å². The van der Waals surface area contributed by atoms with E-state index in [-0.39, 0.29) is 11.9 Å². The summed E-state index contributed by atoms with van der Waals surface area (Å²) in [5.74, 6) is 0.577. The molecule has 106 valence electrons. The number of nitrogens with zero attached hydrogens (tertiary/aromatic N) is 3. The third kappa shape index (κ3) is 2.86. The van der Waals surface area contributed by atoms with Crippen LogP contribution in [0.15, 0.2) is 28.7 Å². The third-order valence-corrected chi connectivity index (χ3v) is 3.46. The molecule has 1 aliphatic rings. The van der Waals surface area contributed by atoms with Crippen molar-refractivity contribution in [2.45, 2.75) is 19.1 Å². The second kappa shape index (κ2) is 5.68. The molecule has 0 radical (unpaired) electrons. The van der Waals surface area contributed by atoms with Crippen LogP contribution in [0.3, 0.4) is 0 Å². The average Bonchev–Trinajstić information content (AvgIpc) is 3.08. The Bertz CT molecular complexity index is 587. The first-order valence-corrected chi connectivity index (χ1v) is 6.58. The molecule has 0 unspecified atom stereocenters. The minimum atomic E-state index is -0.315. The second-order valence-electron chi connectivity index (χ2n) is 4.89. The predicted octanol–water partition coefficient (Wildman–Crippen LogP) is 2.10. The normalized spacial score (nSPS) is 19.6. The molecule has 0 spiro atoms. The summed E-state index contributed by atoms with van der Waals surface area (Å²) in [4.78, 5) is 2.21. The van der Waals surface area contributed by atoms with Gasteiger partial charge >= 0.3 is 0 Å². The maximum absolute atomic E-state index is 13.2. The van der Waals surface area contributed by atoms with E-state index in [2.05, 4.69) is 15.1 Å². The standard InChI is InChI=1S/C14H16FN3O2/c1-19-12-5-6-18(8-12)9-13-16-17-14(20-13)10-3-2-4-11(15)7-10/h2-4,7,12H,5-6,8-9H2,1H3/t12-/m1/s1. The number of ether oxygens (including phenoxy) is 1. The average molecular weight is 277 g/mol. The number of likely N-dealkylation sites (tertiary alicyclic amines) is 1. The van der Waals surface area contributed by atoms with Crippen molar-refractivity contribution in [3.63, 3.8) is 0 Å². The molecule has 1 fully saturated rings. The number of methoxy groups -OCH3 is 1. The minimum Gasteiger partial charge on any atom is -0.419 e. The molecule has 1 aromatic heterocycles. The van der Waals surface area contributed by atoms with Crippen molar-refractivity contribution in [2.75, 3.05) is 20.2 Å². The van der Waals surface area contributed by atoms with Crippen LogP contribution in [0.25, 0.3) is 11.5 Å². The highest BCUT2D eigenvalue weighted by molar-refractivity contribution is 5.52. The van der Waals surface area contributed by atoms with Gasteiger partial charge in [-0.05, 0) is 24.6 Å². The minimum absolute atomic E-state index is 0.278. The molecule has 0 saturated carbocycles. The van der Waals surface area contributed by atoms with Gasteiger partial charge in [0.1, 0.15) is 5.82 Å². The van der Waals surface area contributed by atoms with Crippen LogP contribution in [-0.2, 0) is 11.3 Å². The molecule has 1 atom stereocenters. The molecule has 1 saturated heterocycles. The van der Waals surface area contributed by atoms with E-state index in [4.69, 9.17) is 9.15 Å². The first kappa shape index (κ1) is 13.2. The summed E-state index contributed by atoms with van der Waals surface area (Å²) in [6.07, 6.45) is 1.29. The van der Waals surface area contributed by atoms with Gasteiger partial charge < -0.3 is 9.15 Å². The van der Waals surface area contributed by atoms with Gasteiger partial charge in [-0.1, -0.05) is 6.07 Å². The van der Waals surface area contributed by atoms with Crippen LogP contribution in [0.1, 0.15) is 12.3 Å². The Kier molecular flexibility index (Phi) is 3.75. The number of rotatable bonds is 4. The third-order valence-electron chi connectivity index (χ3n) is 3.46. The van der Waals surface area contributed by atoms with Crippen LogP contribution in [0.2, 0.25) is 0 Å². The van der Waals surface area contributed by atoms with E-state index in [1.54, 1.807) is 19.2 Å². The Morgan fingerprint density at radius 1 is 1.45 bits per heavy atom. The Morgan fingerprint density at radius 3 is 3.10 bits per heavy atom. The number of hydrogen-bond donors (Lipinski definition) is 0. The highest BCUT2D eigenvalue weighted by Crippen LogP contribution is 2.20. The lowest BCUT2D eigenvalue weighted by molar-refractivity contribution is 0.106. The van der Waals surface area contributed by atoms with Crippen molar-refractivity contribution in [1.82, 2.24) is 15.1 Å². The maximum atomic E-state index is 13.2. The zero-order valence-electron chi connectivity index (χ0n) is 11.3. The Hall–Kier alpha value is -1.79. The van der Waals surface area contributed by atoms with E-state index >= 15 is 0 Å². The van der Waals surface area contributed by atoms with Gasteiger partial charge in [0, 0.05) is 25.8 Å². The number of hydrogen-bond acceptors (Lipinski definition) is 5. The Labute approximate surface area is 116 Å². The van der Waals surface area contributed by atoms with Crippen molar-refractivity contribution < 1.29 is 13.5 Å². The molecule has 5 nitrogen and oxygen atoms in total. The van der Waals surface area contributed by atoms with E-state index in [9.17, 15) is 4.39 Å². The Morgan fingerprint density at radius 2 is 2.35 bits per heavy atom. The number of halogens is 1. The summed E-state index contributed by atoms with van der Waals surface area (Å²) in [5, 5.41) is 7.98. The van der Waals surface area contributed by atoms with Gasteiger partial charge in [0.05, 0.1) is 12.6 Å². The predicted molar refractivity (Wildman–Crippen MR) is 70.4 cm³/mol. The monoisotopic (exact) mass is 277 g/mol. The van der Waals surface area contributed by atoms with E-state index in [1.807, 2.05) is 0 Å². The van der Waals surface area contributed by atoms with Gasteiger partial charge in [-0.15, -0.1) is 10.2 Å². The molecular formula is C14H16FN3O2. The molecule has 1 aromatic carbocycles. The molecule has 1 aliphatic heterocycles. The molecular weight excluding hydrogens is 261 g/mol. The van der Waals surface area contributed by atoms with Gasteiger partial charge in [-0.3, -0.25) is 4.90 Å². The molecule has 0 N–H and O–H groups in total. The molecule has 6 heteroatoms. The molecule has 3 rings (SSSR count). The van der Waals surface area contributed by atoms with Crippen molar-refractivity contribution >= 4 is 0 Å². The van der Waals surface area contributed by atoms with E-state index < -0.39 is 0 Å². The van der Waals surface area contributed by atoms with Gasteiger partial charge in [-0.2, -0.15) is 0 Å². The van der Waals surface area contributed by atoms with E-state index in [0.717, 1.165) is 19.5 Å². The summed E-state index contributed by atoms with van der Waals surface area (Å²) < 4.78 is 24.1. The van der Waals surface area contributed by atoms with Crippen LogP contribution < -0.4 is 0 Å². The topological polar surface area (TPSA) is 51.4 Å². The van der Waals surface area contributed by atoms with Crippen molar-refractivity contribution in [3.05, 3.63) is 36.0 Å². The second-order valence-corrected chi connectivity index (χ2v) is 4.89. The maximum Gasteiger partial charge on any atom is 0.247 e. The van der Waals surface area contributed by atoms with Crippen LogP contribution in [0.5, 0.6) is 0 Å². The molecule has 0 aliphatic carbocycles. The first-order valence-electron chi connectivity index (χ1n) is 6.58. The highest BCUT2D eigenvalue weighted by Gasteiger charge is 2.23. The van der Waals surface area contributed by atoms with Crippen molar-refractivity contribution in [2.24, 2.45) is 0 Å². The molecule has 0 bridgehead atoms. The lowest BCUT2D eigenvalue weighted by atomic mass is 10.2. The smallest absolute Gasteiger partial charge is 0.247 e. The quantitative estimate of drug-likeness (QED) is 0.856. The number of benzene rings is 1. The van der Waals surface area contributed by atoms with E-state index in [1.165, 1.54) is 12.1 Å². The van der Waals surface area contributed by atoms with Crippen LogP contribution in [-0.4, -0.2) is 41.4 Å². The van der Waals surface area contributed by atoms with Crippen molar-refractivity contribution in [1.29, 1.82) is 0 Å². The van der Waals surface area contributed by atoms with Gasteiger partial charge in [0.25, 0.3) is 0 Å². The summed E-state index contributed by atoms with van der Waals surface area (Å²) in [6.45, 7) is 2.42. The zero-order valence-corrected chi connectivity index (χ0v) is 11.3. The van der Waals surface area contributed by atoms with Gasteiger partial charge in [0.15, 0.2) is 0 Å². The summed E-state index contributed by atoms with van der Waals surface area (Å²) in [5.41, 5.74) is 0.597. The number of aromatic nitrogens is 2. The molecule has 2 aromatic rings. The van der Waals surface area contributed by atoms with Gasteiger partial charge in [0.2, 0.25) is 11.8 Å². The van der Waals surface area contributed by atoms with Gasteiger partial charge in [-0.25, -0.2) is 4.39 Å². The first-order chi connectivity index (χ1) is 9.74. The summed E-state index contributed by atoms with van der Waals surface area (Å²) in [7, 11) is 1.73. The van der Waals surface area contributed by atoms with E-state index in [0.29, 0.717) is 23.9 Å². The molecule has 0 amide bonds. The fourth-order valence-corrected chi connectivity index (χ4v) is 2.38. The summed E-state index contributed by atoms with van der Waals surface area (Å²) >= 11 is 0. The highest BCUT2D eigenvalue weighted by atomic mass is 19.1. The zero-order chi connectivity index (χ0) is 13.9. The van der Waals surface area contributed by atoms with Crippen LogP contribution in [0, 0.1) is 5.82 Å². The van der Waals surface area contributed by atoms with Crippen LogP contribution >= 0.6 is 0 Å². The summed E-state index contributed by atoms with van der Waals surface area (Å²) in [6, 6.07) is 6.14. The molecule has 2 heterocycles. The lowest BCUT2D eigenvalue weighted by Crippen LogP contribution is -2.22. The SMILES string of the molecule is CO[C@@H]1CCN(Cc2nnc(-c3cccc(F)c3)o2)C1. The largest absolute Gasteiger partial charge is 0.419 e. The molecule has 20 heavy (non-hydrogen) atoms. The Balaban J connectivity index is 1.68.